The minimum atomic E-state index is 0.0551. The zero-order valence-corrected chi connectivity index (χ0v) is 12.6. The summed E-state index contributed by atoms with van der Waals surface area (Å²) < 4.78 is 0. The van der Waals surface area contributed by atoms with Crippen molar-refractivity contribution in [1.29, 1.82) is 0 Å². The van der Waals surface area contributed by atoms with E-state index < -0.39 is 0 Å². The van der Waals surface area contributed by atoms with Gasteiger partial charge in [0, 0.05) is 5.56 Å². The van der Waals surface area contributed by atoms with E-state index in [4.69, 9.17) is 0 Å². The van der Waals surface area contributed by atoms with Crippen LogP contribution in [0.5, 0.6) is 5.75 Å². The number of aromatic hydroxyl groups is 1. The third-order valence-electron chi connectivity index (χ3n) is 4.24. The van der Waals surface area contributed by atoms with Crippen LogP contribution in [0.15, 0.2) is 36.4 Å². The highest BCUT2D eigenvalue weighted by molar-refractivity contribution is 6.00. The highest BCUT2D eigenvalue weighted by Crippen LogP contribution is 2.38. The van der Waals surface area contributed by atoms with Crippen molar-refractivity contribution in [3.8, 4) is 5.75 Å². The van der Waals surface area contributed by atoms with Gasteiger partial charge in [-0.25, -0.2) is 0 Å². The number of Topliss-reactive ketones (excluding diaryl/α,β-unsaturated/α-hetero) is 1. The van der Waals surface area contributed by atoms with E-state index in [2.05, 4.69) is 4.90 Å². The molecule has 3 rings (SSSR count). The molecule has 21 heavy (non-hydrogen) atoms. The third-order valence-corrected chi connectivity index (χ3v) is 4.24. The predicted molar refractivity (Wildman–Crippen MR) is 82.8 cm³/mol. The van der Waals surface area contributed by atoms with Gasteiger partial charge in [0.05, 0.1) is 12.6 Å². The molecule has 0 saturated carbocycles. The number of carbonyl (C=O) groups excluding carboxylic acids is 1. The lowest BCUT2D eigenvalue weighted by Gasteiger charge is -2.35. The summed E-state index contributed by atoms with van der Waals surface area (Å²) in [6, 6.07) is 11.4. The van der Waals surface area contributed by atoms with Gasteiger partial charge in [-0.2, -0.15) is 0 Å². The highest BCUT2D eigenvalue weighted by atomic mass is 16.3. The van der Waals surface area contributed by atoms with Crippen LogP contribution in [-0.4, -0.2) is 29.4 Å². The van der Waals surface area contributed by atoms with Gasteiger partial charge in [0.15, 0.2) is 5.78 Å². The fraction of sp³-hybridized carbons (Fsp3) is 0.278. The Hall–Kier alpha value is -2.13. The molecule has 1 heterocycles. The van der Waals surface area contributed by atoms with Crippen molar-refractivity contribution in [2.75, 3.05) is 13.6 Å². The van der Waals surface area contributed by atoms with Gasteiger partial charge in [-0.1, -0.05) is 24.3 Å². The number of aryl methyl sites for hydroxylation is 2. The van der Waals surface area contributed by atoms with E-state index in [1.165, 1.54) is 5.56 Å². The lowest BCUT2D eigenvalue weighted by molar-refractivity contribution is 0.0903. The van der Waals surface area contributed by atoms with Crippen LogP contribution in [0.2, 0.25) is 0 Å². The monoisotopic (exact) mass is 281 g/mol. The largest absolute Gasteiger partial charge is 0.508 e. The Balaban J connectivity index is 2.23. The van der Waals surface area contributed by atoms with Gasteiger partial charge >= 0.3 is 0 Å². The molecule has 0 bridgehead atoms. The molecule has 2 aromatic rings. The molecule has 0 aliphatic carbocycles. The van der Waals surface area contributed by atoms with E-state index in [0.29, 0.717) is 6.54 Å². The average Bonchev–Trinajstić information content (AvgIpc) is 2.41. The Morgan fingerprint density at radius 3 is 2.43 bits per heavy atom. The molecule has 0 spiro atoms. The molecule has 108 valence electrons. The van der Waals surface area contributed by atoms with Gasteiger partial charge in [0.1, 0.15) is 5.75 Å². The number of fused-ring (bicyclic) bond motifs is 1. The normalized spacial score (nSPS) is 18.6. The molecule has 0 saturated heterocycles. The Morgan fingerprint density at radius 1 is 1.14 bits per heavy atom. The molecule has 3 nitrogen and oxygen atoms in total. The standard InChI is InChI=1S/C18H19NO2/c1-11-8-13(20)9-12(2)17(11)18-15-7-5-4-6-14(15)16(21)10-19(18)3/h4-9,18,20H,10H2,1-3H3. The van der Waals surface area contributed by atoms with Gasteiger partial charge in [0.2, 0.25) is 0 Å². The minimum Gasteiger partial charge on any atom is -0.508 e. The van der Waals surface area contributed by atoms with Crippen molar-refractivity contribution >= 4 is 5.78 Å². The molecule has 0 aromatic heterocycles. The molecule has 1 atom stereocenters. The Labute approximate surface area is 124 Å². The van der Waals surface area contributed by atoms with E-state index in [9.17, 15) is 9.90 Å². The van der Waals surface area contributed by atoms with Crippen molar-refractivity contribution in [1.82, 2.24) is 4.90 Å². The molecular weight excluding hydrogens is 262 g/mol. The Morgan fingerprint density at radius 2 is 1.76 bits per heavy atom. The van der Waals surface area contributed by atoms with Crippen LogP contribution in [0, 0.1) is 13.8 Å². The van der Waals surface area contributed by atoms with Crippen LogP contribution in [-0.2, 0) is 0 Å². The molecule has 1 N–H and O–H groups in total. The fourth-order valence-electron chi connectivity index (χ4n) is 3.39. The number of carbonyl (C=O) groups is 1. The Bertz CT molecular complexity index is 698. The summed E-state index contributed by atoms with van der Waals surface area (Å²) in [6.07, 6.45) is 0. The van der Waals surface area contributed by atoms with Gasteiger partial charge in [-0.05, 0) is 55.3 Å². The second kappa shape index (κ2) is 5.01. The van der Waals surface area contributed by atoms with Crippen LogP contribution < -0.4 is 0 Å². The van der Waals surface area contributed by atoms with Crippen LogP contribution >= 0.6 is 0 Å². The van der Waals surface area contributed by atoms with E-state index in [1.807, 2.05) is 45.2 Å². The molecular formula is C18H19NO2. The average molecular weight is 281 g/mol. The second-order valence-electron chi connectivity index (χ2n) is 5.82. The van der Waals surface area contributed by atoms with Crippen LogP contribution in [0.1, 0.15) is 38.7 Å². The first kappa shape index (κ1) is 13.8. The fourth-order valence-corrected chi connectivity index (χ4v) is 3.39. The van der Waals surface area contributed by atoms with E-state index >= 15 is 0 Å². The molecule has 3 heteroatoms. The second-order valence-corrected chi connectivity index (χ2v) is 5.82. The van der Waals surface area contributed by atoms with Crippen molar-refractivity contribution in [2.45, 2.75) is 19.9 Å². The molecule has 0 fully saturated rings. The summed E-state index contributed by atoms with van der Waals surface area (Å²) >= 11 is 0. The van der Waals surface area contributed by atoms with E-state index in [1.54, 1.807) is 12.1 Å². The summed E-state index contributed by atoms with van der Waals surface area (Å²) in [6.45, 7) is 4.44. The molecule has 0 amide bonds. The van der Waals surface area contributed by atoms with Crippen molar-refractivity contribution in [3.63, 3.8) is 0 Å². The van der Waals surface area contributed by atoms with Crippen molar-refractivity contribution < 1.29 is 9.90 Å². The van der Waals surface area contributed by atoms with Crippen LogP contribution in [0.25, 0.3) is 0 Å². The maximum Gasteiger partial charge on any atom is 0.177 e. The number of benzene rings is 2. The SMILES string of the molecule is Cc1cc(O)cc(C)c1C1c2ccccc2C(=O)CN1C. The molecule has 1 unspecified atom stereocenters. The molecule has 1 aliphatic heterocycles. The summed E-state index contributed by atoms with van der Waals surface area (Å²) in [7, 11) is 1.98. The van der Waals surface area contributed by atoms with Gasteiger partial charge < -0.3 is 5.11 Å². The lowest BCUT2D eigenvalue weighted by atomic mass is 9.84. The number of phenols is 1. The number of rotatable bonds is 1. The first-order chi connectivity index (χ1) is 9.99. The highest BCUT2D eigenvalue weighted by Gasteiger charge is 2.32. The number of likely N-dealkylation sites (N-methyl/N-ethyl adjacent to an activating group) is 1. The first-order valence-corrected chi connectivity index (χ1v) is 7.11. The third kappa shape index (κ3) is 2.24. The van der Waals surface area contributed by atoms with Crippen molar-refractivity contribution in [2.24, 2.45) is 0 Å². The zero-order chi connectivity index (χ0) is 15.1. The van der Waals surface area contributed by atoms with E-state index in [-0.39, 0.29) is 17.6 Å². The van der Waals surface area contributed by atoms with Gasteiger partial charge in [0.25, 0.3) is 0 Å². The van der Waals surface area contributed by atoms with Crippen LogP contribution in [0.4, 0.5) is 0 Å². The number of nitrogens with zero attached hydrogens (tertiary/aromatic N) is 1. The Kier molecular flexibility index (Phi) is 3.30. The number of hydrogen-bond donors (Lipinski definition) is 1. The number of phenolic OH excluding ortho intramolecular Hbond substituents is 1. The van der Waals surface area contributed by atoms with Gasteiger partial charge in [-0.3, -0.25) is 9.69 Å². The van der Waals surface area contributed by atoms with Gasteiger partial charge in [-0.15, -0.1) is 0 Å². The summed E-state index contributed by atoms with van der Waals surface area (Å²) in [4.78, 5) is 14.3. The number of hydrogen-bond acceptors (Lipinski definition) is 3. The number of ketones is 1. The smallest absolute Gasteiger partial charge is 0.177 e. The zero-order valence-electron chi connectivity index (χ0n) is 12.6. The maximum atomic E-state index is 12.2. The van der Waals surface area contributed by atoms with E-state index in [0.717, 1.165) is 22.3 Å². The van der Waals surface area contributed by atoms with Crippen LogP contribution in [0.3, 0.4) is 0 Å². The molecule has 0 radical (unpaired) electrons. The summed E-state index contributed by atoms with van der Waals surface area (Å²) in [5.41, 5.74) is 5.14. The summed E-state index contributed by atoms with van der Waals surface area (Å²) in [5.74, 6) is 0.454. The topological polar surface area (TPSA) is 40.5 Å². The minimum absolute atomic E-state index is 0.0551. The predicted octanol–water partition coefficient (Wildman–Crippen LogP) is 3.23. The molecule has 1 aliphatic rings. The van der Waals surface area contributed by atoms with Crippen molar-refractivity contribution in [3.05, 3.63) is 64.2 Å². The summed E-state index contributed by atoms with van der Waals surface area (Å²) in [5, 5.41) is 9.75. The first-order valence-electron chi connectivity index (χ1n) is 7.11. The quantitative estimate of drug-likeness (QED) is 0.872. The molecule has 2 aromatic carbocycles. The maximum absolute atomic E-state index is 12.2. The lowest BCUT2D eigenvalue weighted by Crippen LogP contribution is -2.37.